The Balaban J connectivity index is 0.00000144. The van der Waals surface area contributed by atoms with Crippen LogP contribution in [0.2, 0.25) is 0 Å². The Morgan fingerprint density at radius 1 is 1.15 bits per heavy atom. The molecule has 0 saturated heterocycles. The molecular formula is C8H9HgO3S. The molecule has 13 heavy (non-hydrogen) atoms. The summed E-state index contributed by atoms with van der Waals surface area (Å²) in [5, 5.41) is 0. The SMILES string of the molecule is Cc1ccc(S(=O)(=O)[O-])cc1C.[Hg+]. The number of aryl methyl sites for hydroxylation is 2. The van der Waals surface area contributed by atoms with Gasteiger partial charge in [-0.05, 0) is 37.1 Å². The Labute approximate surface area is 98.4 Å². The summed E-state index contributed by atoms with van der Waals surface area (Å²) in [4.78, 5) is -0.161. The van der Waals surface area contributed by atoms with Gasteiger partial charge in [-0.3, -0.25) is 0 Å². The van der Waals surface area contributed by atoms with Gasteiger partial charge in [0.25, 0.3) is 0 Å². The summed E-state index contributed by atoms with van der Waals surface area (Å²) in [5.74, 6) is 0. The largest absolute Gasteiger partial charge is 1.00 e. The molecule has 0 saturated carbocycles. The molecule has 1 rings (SSSR count). The van der Waals surface area contributed by atoms with Gasteiger partial charge in [-0.2, -0.15) is 0 Å². The third-order valence-electron chi connectivity index (χ3n) is 1.77. The number of hydrogen-bond acceptors (Lipinski definition) is 3. The quantitative estimate of drug-likeness (QED) is 0.539. The molecule has 0 aliphatic carbocycles. The summed E-state index contributed by atoms with van der Waals surface area (Å²) in [6.45, 7) is 3.63. The van der Waals surface area contributed by atoms with Crippen LogP contribution in [0.15, 0.2) is 23.1 Å². The van der Waals surface area contributed by atoms with Gasteiger partial charge in [-0.1, -0.05) is 6.07 Å². The van der Waals surface area contributed by atoms with Crippen LogP contribution in [-0.2, 0) is 37.8 Å². The second kappa shape index (κ2) is 4.53. The standard InChI is InChI=1S/C8H10O3S.Hg/c1-6-3-4-8(5-7(6)2)12(9,10)11;/h3-5H,1-2H3,(H,9,10,11);/q;+1/p-1. The number of benzene rings is 1. The molecule has 0 spiro atoms. The Bertz CT molecular complexity index is 398. The van der Waals surface area contributed by atoms with E-state index in [1.54, 1.807) is 13.0 Å². The molecule has 0 heterocycles. The van der Waals surface area contributed by atoms with Gasteiger partial charge in [-0.25, -0.2) is 8.42 Å². The molecule has 5 heteroatoms. The molecule has 1 radical (unpaired) electrons. The van der Waals surface area contributed by atoms with Gasteiger partial charge in [-0.15, -0.1) is 0 Å². The molecule has 0 unspecified atom stereocenters. The number of rotatable bonds is 1. The van der Waals surface area contributed by atoms with Crippen molar-refractivity contribution in [3.8, 4) is 0 Å². The van der Waals surface area contributed by atoms with E-state index in [-0.39, 0.29) is 32.6 Å². The summed E-state index contributed by atoms with van der Waals surface area (Å²) in [5.41, 5.74) is 1.79. The molecule has 3 nitrogen and oxygen atoms in total. The van der Waals surface area contributed by atoms with Crippen LogP contribution in [-0.4, -0.2) is 13.0 Å². The van der Waals surface area contributed by atoms with Crippen LogP contribution < -0.4 is 0 Å². The Kier molecular flexibility index (Phi) is 4.55. The predicted molar refractivity (Wildman–Crippen MR) is 43.9 cm³/mol. The molecule has 0 atom stereocenters. The monoisotopic (exact) mass is 387 g/mol. The van der Waals surface area contributed by atoms with E-state index in [2.05, 4.69) is 0 Å². The van der Waals surface area contributed by atoms with Crippen LogP contribution in [0.1, 0.15) is 11.1 Å². The second-order valence-corrected chi connectivity index (χ2v) is 4.08. The second-order valence-electron chi connectivity index (χ2n) is 2.70. The van der Waals surface area contributed by atoms with E-state index in [9.17, 15) is 13.0 Å². The van der Waals surface area contributed by atoms with Crippen molar-refractivity contribution in [2.75, 3.05) is 0 Å². The van der Waals surface area contributed by atoms with Crippen LogP contribution in [0.25, 0.3) is 0 Å². The van der Waals surface area contributed by atoms with Crippen molar-refractivity contribution >= 4 is 10.1 Å². The van der Waals surface area contributed by atoms with E-state index >= 15 is 0 Å². The molecule has 0 fully saturated rings. The zero-order chi connectivity index (χ0) is 9.35. The minimum Gasteiger partial charge on any atom is -0.744 e. The molecule has 0 aliphatic heterocycles. The summed E-state index contributed by atoms with van der Waals surface area (Å²) in [6, 6.07) is 4.34. The fourth-order valence-electron chi connectivity index (χ4n) is 0.869. The van der Waals surface area contributed by atoms with Crippen molar-refractivity contribution in [1.82, 2.24) is 0 Å². The van der Waals surface area contributed by atoms with Crippen LogP contribution in [0.5, 0.6) is 0 Å². The van der Waals surface area contributed by atoms with E-state index in [4.69, 9.17) is 0 Å². The zero-order valence-electron chi connectivity index (χ0n) is 7.57. The van der Waals surface area contributed by atoms with Gasteiger partial charge in [0, 0.05) is 0 Å². The van der Waals surface area contributed by atoms with Crippen molar-refractivity contribution in [3.05, 3.63) is 29.3 Å². The maximum atomic E-state index is 10.5. The average Bonchev–Trinajstić information content (AvgIpc) is 1.92. The van der Waals surface area contributed by atoms with Crippen LogP contribution >= 0.6 is 0 Å². The Morgan fingerprint density at radius 2 is 1.69 bits per heavy atom. The van der Waals surface area contributed by atoms with Gasteiger partial charge in [0.15, 0.2) is 0 Å². The van der Waals surface area contributed by atoms with Crippen molar-refractivity contribution in [2.45, 2.75) is 18.7 Å². The zero-order valence-corrected chi connectivity index (χ0v) is 13.9. The van der Waals surface area contributed by atoms with Crippen molar-refractivity contribution in [2.24, 2.45) is 0 Å². The third kappa shape index (κ3) is 3.36. The van der Waals surface area contributed by atoms with Crippen LogP contribution in [0.3, 0.4) is 0 Å². The smallest absolute Gasteiger partial charge is 0.744 e. The molecule has 1 aromatic rings. The maximum Gasteiger partial charge on any atom is 1.00 e. The first-order valence-corrected chi connectivity index (χ1v) is 4.85. The van der Waals surface area contributed by atoms with E-state index in [0.717, 1.165) is 11.1 Å². The van der Waals surface area contributed by atoms with E-state index in [0.29, 0.717) is 0 Å². The van der Waals surface area contributed by atoms with Gasteiger partial charge in [0.2, 0.25) is 0 Å². The molecular weight excluding hydrogens is 377 g/mol. The van der Waals surface area contributed by atoms with E-state index < -0.39 is 10.1 Å². The summed E-state index contributed by atoms with van der Waals surface area (Å²) < 4.78 is 31.6. The van der Waals surface area contributed by atoms with E-state index in [1.165, 1.54) is 12.1 Å². The Morgan fingerprint density at radius 3 is 2.08 bits per heavy atom. The predicted octanol–water partition coefficient (Wildman–Crippen LogP) is 1.21. The molecule has 0 aromatic heterocycles. The van der Waals surface area contributed by atoms with Gasteiger partial charge in [0.1, 0.15) is 10.1 Å². The minimum atomic E-state index is -4.29. The first kappa shape index (κ1) is 13.1. The van der Waals surface area contributed by atoms with Crippen molar-refractivity contribution < 1.29 is 40.6 Å². The summed E-state index contributed by atoms with van der Waals surface area (Å²) >= 11 is 0. The molecule has 0 amide bonds. The van der Waals surface area contributed by atoms with Gasteiger partial charge >= 0.3 is 27.7 Å². The first-order valence-electron chi connectivity index (χ1n) is 3.44. The normalized spacial score (nSPS) is 10.7. The average molecular weight is 386 g/mol. The minimum absolute atomic E-state index is 0. The van der Waals surface area contributed by atoms with Gasteiger partial charge in [0.05, 0.1) is 4.90 Å². The third-order valence-corrected chi connectivity index (χ3v) is 2.60. The molecule has 0 bridgehead atoms. The summed E-state index contributed by atoms with van der Waals surface area (Å²) in [6.07, 6.45) is 0. The maximum absolute atomic E-state index is 10.5. The molecule has 0 N–H and O–H groups in total. The Hall–Kier alpha value is 0.0651. The van der Waals surface area contributed by atoms with Crippen molar-refractivity contribution in [3.63, 3.8) is 0 Å². The van der Waals surface area contributed by atoms with Crippen LogP contribution in [0.4, 0.5) is 0 Å². The number of hydrogen-bond donors (Lipinski definition) is 0. The van der Waals surface area contributed by atoms with E-state index in [1.807, 2.05) is 6.92 Å². The van der Waals surface area contributed by atoms with Crippen molar-refractivity contribution in [1.29, 1.82) is 0 Å². The first-order chi connectivity index (χ1) is 5.41. The fourth-order valence-corrected chi connectivity index (χ4v) is 1.43. The molecule has 0 aliphatic rings. The summed E-state index contributed by atoms with van der Waals surface area (Å²) in [7, 11) is -4.29. The fraction of sp³-hybridized carbons (Fsp3) is 0.250. The van der Waals surface area contributed by atoms with Gasteiger partial charge < -0.3 is 4.55 Å². The molecule has 1 aromatic carbocycles. The van der Waals surface area contributed by atoms with Crippen LogP contribution in [0, 0.1) is 13.8 Å². The molecule has 67 valence electrons. The topological polar surface area (TPSA) is 57.2 Å².